The molecule has 1 heterocycles. The number of hydrogen-bond acceptors (Lipinski definition) is 2. The van der Waals surface area contributed by atoms with Crippen molar-refractivity contribution in [1.29, 1.82) is 0 Å². The fourth-order valence-electron chi connectivity index (χ4n) is 6.12. The molecule has 1 aromatic rings. The Morgan fingerprint density at radius 1 is 1.14 bits per heavy atom. The predicted molar refractivity (Wildman–Crippen MR) is 119 cm³/mol. The first-order valence-corrected chi connectivity index (χ1v) is 11.3. The molecule has 4 rings (SSSR count). The minimum absolute atomic E-state index is 0.111. The van der Waals surface area contributed by atoms with Gasteiger partial charge in [-0.25, -0.2) is 0 Å². The van der Waals surface area contributed by atoms with E-state index in [1.54, 1.807) is 0 Å². The standard InChI is InChI=1S/C26H39NO/c1-19(12-13-23-25(4,5)28-23)15-17-27(21-10-8-7-9-11-21)22-18-20-14-16-26(22,6)24(20,2)3/h7-11,15,20,22-23H,12-14,16-18H2,1-6H3/b19-15+/t20-,22-,23?,26+/m1/s1. The van der Waals surface area contributed by atoms with E-state index in [2.05, 4.69) is 82.9 Å². The van der Waals surface area contributed by atoms with Gasteiger partial charge in [-0.1, -0.05) is 50.6 Å². The molecular weight excluding hydrogens is 342 g/mol. The summed E-state index contributed by atoms with van der Waals surface area (Å²) in [6, 6.07) is 11.7. The van der Waals surface area contributed by atoms with Crippen LogP contribution in [-0.2, 0) is 4.74 Å². The molecule has 2 bridgehead atoms. The SMILES string of the molecule is C/C(=C\CN(c1ccccc1)[C@@H]1C[C@H]2CC[C@]1(C)C2(C)C)CCC1OC1(C)C. The van der Waals surface area contributed by atoms with Crippen molar-refractivity contribution >= 4 is 5.69 Å². The van der Waals surface area contributed by atoms with Crippen LogP contribution >= 0.6 is 0 Å². The number of allylic oxidation sites excluding steroid dienone is 1. The summed E-state index contributed by atoms with van der Waals surface area (Å²) in [5, 5.41) is 0. The van der Waals surface area contributed by atoms with Gasteiger partial charge in [0.2, 0.25) is 0 Å². The van der Waals surface area contributed by atoms with Crippen LogP contribution in [0.5, 0.6) is 0 Å². The number of hydrogen-bond donors (Lipinski definition) is 0. The Hall–Kier alpha value is -1.28. The van der Waals surface area contributed by atoms with Crippen LogP contribution in [0.3, 0.4) is 0 Å². The van der Waals surface area contributed by atoms with Crippen molar-refractivity contribution in [2.75, 3.05) is 11.4 Å². The maximum atomic E-state index is 5.76. The minimum atomic E-state index is 0.111. The summed E-state index contributed by atoms with van der Waals surface area (Å²) in [6.07, 6.45) is 9.35. The van der Waals surface area contributed by atoms with Gasteiger partial charge in [0.1, 0.15) is 0 Å². The fraction of sp³-hybridized carbons (Fsp3) is 0.692. The van der Waals surface area contributed by atoms with E-state index in [4.69, 9.17) is 4.74 Å². The number of para-hydroxylation sites is 1. The maximum absolute atomic E-state index is 5.76. The van der Waals surface area contributed by atoms with E-state index in [1.165, 1.54) is 30.5 Å². The van der Waals surface area contributed by atoms with E-state index in [1.807, 2.05) is 0 Å². The molecule has 2 heteroatoms. The highest BCUT2D eigenvalue weighted by atomic mass is 16.6. The Balaban J connectivity index is 1.50. The first kappa shape index (κ1) is 20.0. The lowest BCUT2D eigenvalue weighted by Crippen LogP contribution is -2.47. The summed E-state index contributed by atoms with van der Waals surface area (Å²) >= 11 is 0. The Labute approximate surface area is 172 Å². The minimum Gasteiger partial charge on any atom is -0.367 e. The molecule has 0 spiro atoms. The smallest absolute Gasteiger partial charge is 0.0892 e. The molecule has 1 aliphatic heterocycles. The Bertz CT molecular complexity index is 734. The summed E-state index contributed by atoms with van der Waals surface area (Å²) in [6.45, 7) is 15.3. The van der Waals surface area contributed by atoms with E-state index >= 15 is 0 Å². The van der Waals surface area contributed by atoms with Gasteiger partial charge < -0.3 is 9.64 Å². The molecule has 4 atom stereocenters. The van der Waals surface area contributed by atoms with Crippen LogP contribution in [0.15, 0.2) is 42.0 Å². The zero-order chi connectivity index (χ0) is 20.2. The predicted octanol–water partition coefficient (Wildman–Crippen LogP) is 6.61. The second kappa shape index (κ2) is 6.90. The van der Waals surface area contributed by atoms with E-state index in [9.17, 15) is 0 Å². The van der Waals surface area contributed by atoms with Crippen LogP contribution in [0.1, 0.15) is 73.6 Å². The van der Waals surface area contributed by atoms with Crippen LogP contribution in [0, 0.1) is 16.7 Å². The van der Waals surface area contributed by atoms with Gasteiger partial charge in [0.05, 0.1) is 11.7 Å². The lowest BCUT2D eigenvalue weighted by atomic mass is 9.68. The van der Waals surface area contributed by atoms with E-state index < -0.39 is 0 Å². The van der Waals surface area contributed by atoms with E-state index in [-0.39, 0.29) is 5.60 Å². The molecule has 154 valence electrons. The van der Waals surface area contributed by atoms with E-state index in [0.717, 1.165) is 25.3 Å². The molecule has 3 fully saturated rings. The van der Waals surface area contributed by atoms with Gasteiger partial charge >= 0.3 is 0 Å². The Morgan fingerprint density at radius 2 is 1.82 bits per heavy atom. The topological polar surface area (TPSA) is 15.8 Å². The molecule has 0 aromatic heterocycles. The maximum Gasteiger partial charge on any atom is 0.0892 e. The molecule has 3 aliphatic rings. The Morgan fingerprint density at radius 3 is 2.36 bits per heavy atom. The fourth-order valence-corrected chi connectivity index (χ4v) is 6.12. The molecule has 0 amide bonds. The highest BCUT2D eigenvalue weighted by Gasteiger charge is 2.62. The third kappa shape index (κ3) is 3.32. The molecule has 2 aliphatic carbocycles. The molecule has 2 nitrogen and oxygen atoms in total. The number of rotatable bonds is 7. The number of epoxide rings is 1. The quantitative estimate of drug-likeness (QED) is 0.390. The zero-order valence-electron chi connectivity index (χ0n) is 18.8. The largest absolute Gasteiger partial charge is 0.367 e. The third-order valence-corrected chi connectivity index (χ3v) is 8.81. The number of benzene rings is 1. The van der Waals surface area contributed by atoms with Crippen molar-refractivity contribution in [3.05, 3.63) is 42.0 Å². The lowest BCUT2D eigenvalue weighted by Gasteiger charge is -2.45. The lowest BCUT2D eigenvalue weighted by molar-refractivity contribution is 0.133. The third-order valence-electron chi connectivity index (χ3n) is 8.81. The summed E-state index contributed by atoms with van der Waals surface area (Å²) in [5.74, 6) is 0.869. The van der Waals surface area contributed by atoms with Crippen LogP contribution < -0.4 is 4.90 Å². The van der Waals surface area contributed by atoms with Gasteiger partial charge in [-0.05, 0) is 81.8 Å². The van der Waals surface area contributed by atoms with Crippen LogP contribution in [-0.4, -0.2) is 24.3 Å². The molecule has 1 unspecified atom stereocenters. The average molecular weight is 382 g/mol. The number of anilines is 1. The molecule has 1 aromatic carbocycles. The van der Waals surface area contributed by atoms with Crippen molar-refractivity contribution in [2.45, 2.75) is 91.4 Å². The Kier molecular flexibility index (Phi) is 4.93. The van der Waals surface area contributed by atoms with Gasteiger partial charge in [-0.15, -0.1) is 0 Å². The van der Waals surface area contributed by atoms with Gasteiger partial charge in [0.15, 0.2) is 0 Å². The van der Waals surface area contributed by atoms with Crippen molar-refractivity contribution in [3.63, 3.8) is 0 Å². The van der Waals surface area contributed by atoms with E-state index in [0.29, 0.717) is 23.0 Å². The molecular formula is C26H39NO. The summed E-state index contributed by atoms with van der Waals surface area (Å²) in [5.41, 5.74) is 3.84. The van der Waals surface area contributed by atoms with Crippen molar-refractivity contribution in [2.24, 2.45) is 16.7 Å². The van der Waals surface area contributed by atoms with Gasteiger partial charge in [-0.3, -0.25) is 0 Å². The zero-order valence-corrected chi connectivity index (χ0v) is 18.8. The van der Waals surface area contributed by atoms with Crippen molar-refractivity contribution < 1.29 is 4.74 Å². The molecule has 1 saturated heterocycles. The summed E-state index contributed by atoms with van der Waals surface area (Å²) in [4.78, 5) is 2.71. The first-order chi connectivity index (χ1) is 13.1. The van der Waals surface area contributed by atoms with Gasteiger partial charge in [-0.2, -0.15) is 0 Å². The second-order valence-corrected chi connectivity index (χ2v) is 10.9. The molecule has 28 heavy (non-hydrogen) atoms. The molecule has 0 N–H and O–H groups in total. The number of nitrogens with zero attached hydrogens (tertiary/aromatic N) is 1. The van der Waals surface area contributed by atoms with Gasteiger partial charge in [0.25, 0.3) is 0 Å². The normalized spacial score (nSPS) is 35.2. The van der Waals surface area contributed by atoms with Crippen LogP contribution in [0.2, 0.25) is 0 Å². The molecule has 0 radical (unpaired) electrons. The van der Waals surface area contributed by atoms with Crippen LogP contribution in [0.4, 0.5) is 5.69 Å². The monoisotopic (exact) mass is 381 g/mol. The highest BCUT2D eigenvalue weighted by molar-refractivity contribution is 5.49. The summed E-state index contributed by atoms with van der Waals surface area (Å²) < 4.78 is 5.76. The van der Waals surface area contributed by atoms with Gasteiger partial charge in [0, 0.05) is 18.3 Å². The number of fused-ring (bicyclic) bond motifs is 2. The molecule has 2 saturated carbocycles. The first-order valence-electron chi connectivity index (χ1n) is 11.3. The van der Waals surface area contributed by atoms with Crippen molar-refractivity contribution in [3.8, 4) is 0 Å². The second-order valence-electron chi connectivity index (χ2n) is 10.9. The number of ether oxygens (including phenoxy) is 1. The average Bonchev–Trinajstić information content (AvgIpc) is 3.14. The summed E-state index contributed by atoms with van der Waals surface area (Å²) in [7, 11) is 0. The van der Waals surface area contributed by atoms with Crippen LogP contribution in [0.25, 0.3) is 0 Å². The highest BCUT2D eigenvalue weighted by Crippen LogP contribution is 2.66. The van der Waals surface area contributed by atoms with Crippen molar-refractivity contribution in [1.82, 2.24) is 0 Å².